The minimum absolute atomic E-state index is 0.301. The minimum Gasteiger partial charge on any atom is -0.381 e. The number of nitrogens with zero attached hydrogens (tertiary/aromatic N) is 5. The number of rotatable bonds is 4. The molecule has 0 aliphatic heterocycles. The van der Waals surface area contributed by atoms with Gasteiger partial charge in [-0.05, 0) is 19.8 Å². The Labute approximate surface area is 107 Å². The van der Waals surface area contributed by atoms with Crippen LogP contribution in [0.15, 0.2) is 12.5 Å². The van der Waals surface area contributed by atoms with Gasteiger partial charge in [0.25, 0.3) is 0 Å². The fourth-order valence-corrected chi connectivity index (χ4v) is 2.12. The quantitative estimate of drug-likeness (QED) is 0.895. The molecule has 18 heavy (non-hydrogen) atoms. The number of nitrogen functional groups attached to an aromatic ring is 1. The van der Waals surface area contributed by atoms with Crippen molar-refractivity contribution in [2.24, 2.45) is 0 Å². The van der Waals surface area contributed by atoms with Crippen LogP contribution in [-0.4, -0.2) is 24.5 Å². The van der Waals surface area contributed by atoms with Crippen LogP contribution in [-0.2, 0) is 6.54 Å². The first-order valence-electron chi connectivity index (χ1n) is 6.20. The number of anilines is 1. The number of aromatic nitrogens is 5. The van der Waals surface area contributed by atoms with Crippen LogP contribution in [0.3, 0.4) is 0 Å². The molecule has 0 aromatic carbocycles. The van der Waals surface area contributed by atoms with Crippen molar-refractivity contribution in [2.75, 3.05) is 5.73 Å². The molecular weight excluding hydrogens is 228 g/mol. The Morgan fingerprint density at radius 1 is 1.28 bits per heavy atom. The molecule has 2 rings (SSSR count). The Hall–Kier alpha value is -1.85. The van der Waals surface area contributed by atoms with Crippen LogP contribution in [0.25, 0.3) is 0 Å². The van der Waals surface area contributed by atoms with Crippen LogP contribution in [0, 0.1) is 0 Å². The molecule has 0 bridgehead atoms. The SMILES string of the molecule is CC(C)c1c(N)nnn1Cc1cncn1C(C)C. The average Bonchev–Trinajstić information content (AvgIpc) is 2.86. The second kappa shape index (κ2) is 4.80. The third-order valence-corrected chi connectivity index (χ3v) is 2.96. The van der Waals surface area contributed by atoms with Crippen LogP contribution in [0.2, 0.25) is 0 Å². The largest absolute Gasteiger partial charge is 0.381 e. The monoisotopic (exact) mass is 248 g/mol. The summed E-state index contributed by atoms with van der Waals surface area (Å²) in [5.74, 6) is 0.816. The van der Waals surface area contributed by atoms with Gasteiger partial charge in [-0.2, -0.15) is 0 Å². The highest BCUT2D eigenvalue weighted by Gasteiger charge is 2.15. The molecule has 0 spiro atoms. The van der Waals surface area contributed by atoms with Crippen LogP contribution < -0.4 is 5.73 Å². The maximum absolute atomic E-state index is 5.85. The summed E-state index contributed by atoms with van der Waals surface area (Å²) in [6, 6.07) is 0.380. The highest BCUT2D eigenvalue weighted by atomic mass is 15.4. The van der Waals surface area contributed by atoms with Gasteiger partial charge in [0, 0.05) is 6.04 Å². The maximum atomic E-state index is 5.85. The van der Waals surface area contributed by atoms with Gasteiger partial charge in [-0.1, -0.05) is 19.1 Å². The molecule has 6 heteroatoms. The van der Waals surface area contributed by atoms with Crippen LogP contribution in [0.5, 0.6) is 0 Å². The summed E-state index contributed by atoms with van der Waals surface area (Å²) in [5.41, 5.74) is 7.94. The van der Waals surface area contributed by atoms with Gasteiger partial charge < -0.3 is 10.3 Å². The smallest absolute Gasteiger partial charge is 0.169 e. The van der Waals surface area contributed by atoms with Gasteiger partial charge in [0.1, 0.15) is 0 Å². The van der Waals surface area contributed by atoms with E-state index in [4.69, 9.17) is 5.73 Å². The molecule has 0 radical (unpaired) electrons. The molecule has 0 saturated heterocycles. The van der Waals surface area contributed by atoms with Crippen molar-refractivity contribution in [1.29, 1.82) is 0 Å². The second-order valence-corrected chi connectivity index (χ2v) is 5.06. The molecule has 0 amide bonds. The maximum Gasteiger partial charge on any atom is 0.169 e. The molecule has 2 heterocycles. The first-order chi connectivity index (χ1) is 8.50. The molecule has 0 fully saturated rings. The van der Waals surface area contributed by atoms with Gasteiger partial charge >= 0.3 is 0 Å². The third kappa shape index (κ3) is 2.23. The highest BCUT2D eigenvalue weighted by Crippen LogP contribution is 2.20. The lowest BCUT2D eigenvalue weighted by atomic mass is 10.1. The number of nitrogens with two attached hydrogens (primary N) is 1. The molecule has 0 unspecified atom stereocenters. The van der Waals surface area contributed by atoms with E-state index in [-0.39, 0.29) is 0 Å². The lowest BCUT2D eigenvalue weighted by Crippen LogP contribution is -2.13. The second-order valence-electron chi connectivity index (χ2n) is 5.06. The van der Waals surface area contributed by atoms with Crippen molar-refractivity contribution in [3.8, 4) is 0 Å². The van der Waals surface area contributed by atoms with Gasteiger partial charge in [-0.15, -0.1) is 5.10 Å². The lowest BCUT2D eigenvalue weighted by Gasteiger charge is -2.13. The molecule has 0 aliphatic carbocycles. The van der Waals surface area contributed by atoms with E-state index in [0.717, 1.165) is 11.4 Å². The van der Waals surface area contributed by atoms with Crippen LogP contribution in [0.4, 0.5) is 5.82 Å². The van der Waals surface area contributed by atoms with Gasteiger partial charge in [-0.25, -0.2) is 9.67 Å². The molecule has 0 saturated carbocycles. The zero-order valence-electron chi connectivity index (χ0n) is 11.3. The summed E-state index contributed by atoms with van der Waals surface area (Å²) in [4.78, 5) is 4.19. The minimum atomic E-state index is 0.301. The van der Waals surface area contributed by atoms with E-state index in [0.29, 0.717) is 24.3 Å². The predicted molar refractivity (Wildman–Crippen MR) is 70.2 cm³/mol. The van der Waals surface area contributed by atoms with E-state index in [9.17, 15) is 0 Å². The summed E-state index contributed by atoms with van der Waals surface area (Å²) in [7, 11) is 0. The fourth-order valence-electron chi connectivity index (χ4n) is 2.12. The van der Waals surface area contributed by atoms with E-state index >= 15 is 0 Å². The van der Waals surface area contributed by atoms with Crippen molar-refractivity contribution < 1.29 is 0 Å². The molecule has 6 nitrogen and oxygen atoms in total. The van der Waals surface area contributed by atoms with Crippen LogP contribution in [0.1, 0.15) is 51.0 Å². The molecule has 98 valence electrons. The Morgan fingerprint density at radius 2 is 2.00 bits per heavy atom. The standard InChI is InChI=1S/C12H20N6/c1-8(2)11-12(13)15-16-18(11)6-10-5-14-7-17(10)9(3)4/h5,7-9H,6,13H2,1-4H3. The number of imidazole rings is 1. The summed E-state index contributed by atoms with van der Waals surface area (Å²) in [5, 5.41) is 8.07. The molecule has 2 N–H and O–H groups in total. The van der Waals surface area contributed by atoms with E-state index in [1.807, 2.05) is 17.2 Å². The Bertz CT molecular complexity index is 522. The highest BCUT2D eigenvalue weighted by molar-refractivity contribution is 5.35. The lowest BCUT2D eigenvalue weighted by molar-refractivity contribution is 0.527. The Balaban J connectivity index is 2.32. The van der Waals surface area contributed by atoms with Gasteiger partial charge in [-0.3, -0.25) is 0 Å². The Kier molecular flexibility index (Phi) is 3.36. The van der Waals surface area contributed by atoms with Crippen LogP contribution >= 0.6 is 0 Å². The number of hydrogen-bond donors (Lipinski definition) is 1. The summed E-state index contributed by atoms with van der Waals surface area (Å²) in [6.07, 6.45) is 3.71. The van der Waals surface area contributed by atoms with E-state index in [1.165, 1.54) is 0 Å². The molecule has 2 aromatic heterocycles. The van der Waals surface area contributed by atoms with Gasteiger partial charge in [0.05, 0.1) is 30.5 Å². The molecule has 0 aliphatic rings. The van der Waals surface area contributed by atoms with Crippen molar-refractivity contribution >= 4 is 5.82 Å². The first-order valence-corrected chi connectivity index (χ1v) is 6.20. The first kappa shape index (κ1) is 12.6. The van der Waals surface area contributed by atoms with Crippen molar-refractivity contribution in [1.82, 2.24) is 24.5 Å². The van der Waals surface area contributed by atoms with Gasteiger partial charge in [0.15, 0.2) is 5.82 Å². The van der Waals surface area contributed by atoms with E-state index < -0.39 is 0 Å². The van der Waals surface area contributed by atoms with E-state index in [1.54, 1.807) is 0 Å². The molecular formula is C12H20N6. The summed E-state index contributed by atoms with van der Waals surface area (Å²) < 4.78 is 3.98. The van der Waals surface area contributed by atoms with E-state index in [2.05, 4.69) is 47.6 Å². The van der Waals surface area contributed by atoms with Gasteiger partial charge in [0.2, 0.25) is 0 Å². The zero-order valence-corrected chi connectivity index (χ0v) is 11.3. The summed E-state index contributed by atoms with van der Waals surface area (Å²) in [6.45, 7) is 9.08. The molecule has 2 aromatic rings. The fraction of sp³-hybridized carbons (Fsp3) is 0.583. The van der Waals surface area contributed by atoms with Crippen molar-refractivity contribution in [3.05, 3.63) is 23.9 Å². The molecule has 0 atom stereocenters. The summed E-state index contributed by atoms with van der Waals surface area (Å²) >= 11 is 0. The topological polar surface area (TPSA) is 74.6 Å². The Morgan fingerprint density at radius 3 is 2.61 bits per heavy atom. The third-order valence-electron chi connectivity index (χ3n) is 2.96. The average molecular weight is 248 g/mol. The predicted octanol–water partition coefficient (Wildman–Crippen LogP) is 1.81. The zero-order chi connectivity index (χ0) is 13.3. The van der Waals surface area contributed by atoms with Crippen molar-refractivity contribution in [2.45, 2.75) is 46.2 Å². The normalized spacial score (nSPS) is 11.7. The van der Waals surface area contributed by atoms with Crippen molar-refractivity contribution in [3.63, 3.8) is 0 Å². The number of hydrogen-bond acceptors (Lipinski definition) is 4.